The molecule has 0 spiro atoms. The Kier molecular flexibility index (Phi) is 5.04. The zero-order valence-electron chi connectivity index (χ0n) is 14.2. The van der Waals surface area contributed by atoms with E-state index in [1.54, 1.807) is 32.4 Å². The molecule has 1 aliphatic rings. The summed E-state index contributed by atoms with van der Waals surface area (Å²) in [5.74, 6) is 1.31. The van der Waals surface area contributed by atoms with Crippen LogP contribution in [0.1, 0.15) is 28.8 Å². The fraction of sp³-hybridized carbons (Fsp3) is 0.350. The molecular formula is C20H23NO3. The van der Waals surface area contributed by atoms with Crippen LogP contribution in [0.3, 0.4) is 0 Å². The number of methoxy groups -OCH3 is 2. The Bertz CT molecular complexity index is 681. The fourth-order valence-electron chi connectivity index (χ4n) is 3.06. The molecule has 1 heterocycles. The van der Waals surface area contributed by atoms with Gasteiger partial charge in [-0.3, -0.25) is 4.79 Å². The van der Waals surface area contributed by atoms with Gasteiger partial charge in [0.05, 0.1) is 14.2 Å². The van der Waals surface area contributed by atoms with Crippen molar-refractivity contribution in [2.45, 2.75) is 19.3 Å². The van der Waals surface area contributed by atoms with Crippen LogP contribution in [0.4, 0.5) is 5.69 Å². The van der Waals surface area contributed by atoms with Crippen LogP contribution in [0.25, 0.3) is 0 Å². The zero-order valence-corrected chi connectivity index (χ0v) is 14.2. The van der Waals surface area contributed by atoms with Gasteiger partial charge in [-0.2, -0.15) is 0 Å². The highest BCUT2D eigenvalue weighted by Gasteiger charge is 2.13. The summed E-state index contributed by atoms with van der Waals surface area (Å²) in [5.41, 5.74) is 2.87. The predicted molar refractivity (Wildman–Crippen MR) is 95.5 cm³/mol. The van der Waals surface area contributed by atoms with E-state index in [1.807, 2.05) is 12.1 Å². The highest BCUT2D eigenvalue weighted by molar-refractivity contribution is 5.98. The molecule has 1 saturated heterocycles. The maximum absolute atomic E-state index is 12.6. The Labute approximate surface area is 143 Å². The Morgan fingerprint density at radius 2 is 1.54 bits per heavy atom. The third-order valence-electron chi connectivity index (χ3n) is 4.45. The second-order valence-electron chi connectivity index (χ2n) is 6.06. The highest BCUT2D eigenvalue weighted by Crippen LogP contribution is 2.24. The van der Waals surface area contributed by atoms with Crippen molar-refractivity contribution in [2.75, 3.05) is 32.2 Å². The summed E-state index contributed by atoms with van der Waals surface area (Å²) in [5, 5.41) is 0. The number of Topliss-reactive ketones (excluding diaryl/α,β-unsaturated/α-hetero) is 1. The number of anilines is 1. The normalized spacial score (nSPS) is 13.8. The average molecular weight is 325 g/mol. The Hall–Kier alpha value is -2.49. The van der Waals surface area contributed by atoms with E-state index in [4.69, 9.17) is 9.47 Å². The number of nitrogens with zero attached hydrogens (tertiary/aromatic N) is 1. The number of carbonyl (C=O) groups is 1. The van der Waals surface area contributed by atoms with Crippen molar-refractivity contribution in [2.24, 2.45) is 0 Å². The van der Waals surface area contributed by atoms with Crippen LogP contribution in [0, 0.1) is 0 Å². The molecule has 0 atom stereocenters. The van der Waals surface area contributed by atoms with Gasteiger partial charge in [0.2, 0.25) is 0 Å². The molecule has 0 amide bonds. The smallest absolute Gasteiger partial charge is 0.167 e. The summed E-state index contributed by atoms with van der Waals surface area (Å²) in [6, 6.07) is 13.6. The molecule has 2 aromatic rings. The van der Waals surface area contributed by atoms with Crippen molar-refractivity contribution in [3.8, 4) is 11.5 Å². The molecule has 3 rings (SSSR count). The highest BCUT2D eigenvalue weighted by atomic mass is 16.5. The third kappa shape index (κ3) is 3.70. The van der Waals surface area contributed by atoms with E-state index >= 15 is 0 Å². The number of benzene rings is 2. The van der Waals surface area contributed by atoms with Gasteiger partial charge in [0.1, 0.15) is 11.5 Å². The molecule has 2 aromatic carbocycles. The van der Waals surface area contributed by atoms with Crippen LogP contribution >= 0.6 is 0 Å². The molecule has 126 valence electrons. The standard InChI is InChI=1S/C20H23NO3/c1-23-18-12-16(13-19(14-18)24-2)20(22)11-15-5-7-17(8-6-15)21-9-3-4-10-21/h5-8,12-14H,3-4,9-11H2,1-2H3. The van der Waals surface area contributed by atoms with Gasteiger partial charge in [0.25, 0.3) is 0 Å². The first-order valence-corrected chi connectivity index (χ1v) is 8.30. The molecule has 0 aromatic heterocycles. The molecule has 1 fully saturated rings. The quantitative estimate of drug-likeness (QED) is 0.759. The lowest BCUT2D eigenvalue weighted by atomic mass is 10.0. The van der Waals surface area contributed by atoms with Crippen molar-refractivity contribution >= 4 is 11.5 Å². The molecule has 1 aliphatic heterocycles. The molecule has 0 radical (unpaired) electrons. The minimum atomic E-state index is 0.0566. The van der Waals surface area contributed by atoms with E-state index < -0.39 is 0 Å². The van der Waals surface area contributed by atoms with Gasteiger partial charge in [0, 0.05) is 36.8 Å². The van der Waals surface area contributed by atoms with Crippen molar-refractivity contribution in [1.82, 2.24) is 0 Å². The van der Waals surface area contributed by atoms with E-state index in [1.165, 1.54) is 18.5 Å². The summed E-state index contributed by atoms with van der Waals surface area (Å²) in [7, 11) is 3.17. The second kappa shape index (κ2) is 7.39. The van der Waals surface area contributed by atoms with E-state index in [2.05, 4.69) is 17.0 Å². The van der Waals surface area contributed by atoms with Crippen molar-refractivity contribution in [1.29, 1.82) is 0 Å². The minimum absolute atomic E-state index is 0.0566. The summed E-state index contributed by atoms with van der Waals surface area (Å²) in [6.07, 6.45) is 2.90. The Balaban J connectivity index is 1.72. The van der Waals surface area contributed by atoms with Crippen LogP contribution in [-0.2, 0) is 6.42 Å². The fourth-order valence-corrected chi connectivity index (χ4v) is 3.06. The molecule has 4 nitrogen and oxygen atoms in total. The lowest BCUT2D eigenvalue weighted by molar-refractivity contribution is 0.0992. The van der Waals surface area contributed by atoms with Gasteiger partial charge in [-0.1, -0.05) is 12.1 Å². The van der Waals surface area contributed by atoms with Gasteiger partial charge >= 0.3 is 0 Å². The predicted octanol–water partition coefficient (Wildman–Crippen LogP) is 3.73. The largest absolute Gasteiger partial charge is 0.497 e. The molecule has 4 heteroatoms. The van der Waals surface area contributed by atoms with E-state index in [0.29, 0.717) is 23.5 Å². The van der Waals surface area contributed by atoms with Gasteiger partial charge in [-0.05, 0) is 42.7 Å². The number of carbonyl (C=O) groups excluding carboxylic acids is 1. The Morgan fingerprint density at radius 1 is 0.958 bits per heavy atom. The van der Waals surface area contributed by atoms with Gasteiger partial charge in [-0.15, -0.1) is 0 Å². The SMILES string of the molecule is COc1cc(OC)cc(C(=O)Cc2ccc(N3CCCC3)cc2)c1. The number of ketones is 1. The van der Waals surface area contributed by atoms with Gasteiger partial charge in [-0.25, -0.2) is 0 Å². The molecule has 0 saturated carbocycles. The summed E-state index contributed by atoms with van der Waals surface area (Å²) in [4.78, 5) is 15.0. The summed E-state index contributed by atoms with van der Waals surface area (Å²) in [6.45, 7) is 2.25. The first-order valence-electron chi connectivity index (χ1n) is 8.30. The van der Waals surface area contributed by atoms with Crippen LogP contribution in [0.5, 0.6) is 11.5 Å². The maximum atomic E-state index is 12.6. The number of rotatable bonds is 6. The maximum Gasteiger partial charge on any atom is 0.167 e. The summed E-state index contributed by atoms with van der Waals surface area (Å²) >= 11 is 0. The Morgan fingerprint density at radius 3 is 2.08 bits per heavy atom. The topological polar surface area (TPSA) is 38.8 Å². The first-order chi connectivity index (χ1) is 11.7. The van der Waals surface area contributed by atoms with Crippen molar-refractivity contribution in [3.05, 3.63) is 53.6 Å². The molecule has 0 bridgehead atoms. The van der Waals surface area contributed by atoms with E-state index in [0.717, 1.165) is 18.7 Å². The van der Waals surface area contributed by atoms with Crippen molar-refractivity contribution < 1.29 is 14.3 Å². The second-order valence-corrected chi connectivity index (χ2v) is 6.06. The van der Waals surface area contributed by atoms with Gasteiger partial charge in [0.15, 0.2) is 5.78 Å². The van der Waals surface area contributed by atoms with Gasteiger partial charge < -0.3 is 14.4 Å². The lowest BCUT2D eigenvalue weighted by Crippen LogP contribution is -2.17. The molecule has 0 N–H and O–H groups in total. The molecule has 24 heavy (non-hydrogen) atoms. The summed E-state index contributed by atoms with van der Waals surface area (Å²) < 4.78 is 10.5. The van der Waals surface area contributed by atoms with Crippen LogP contribution in [0.15, 0.2) is 42.5 Å². The van der Waals surface area contributed by atoms with Crippen molar-refractivity contribution in [3.63, 3.8) is 0 Å². The molecule has 0 unspecified atom stereocenters. The average Bonchev–Trinajstić information content (AvgIpc) is 3.16. The molecular weight excluding hydrogens is 302 g/mol. The van der Waals surface area contributed by atoms with Crippen LogP contribution in [0.2, 0.25) is 0 Å². The molecule has 0 aliphatic carbocycles. The number of hydrogen-bond acceptors (Lipinski definition) is 4. The minimum Gasteiger partial charge on any atom is -0.497 e. The number of ether oxygens (including phenoxy) is 2. The first kappa shape index (κ1) is 16.4. The van der Waals surface area contributed by atoms with Crippen LogP contribution in [-0.4, -0.2) is 33.1 Å². The zero-order chi connectivity index (χ0) is 16.9. The monoisotopic (exact) mass is 325 g/mol. The number of hydrogen-bond donors (Lipinski definition) is 0. The lowest BCUT2D eigenvalue weighted by Gasteiger charge is -2.17. The van der Waals surface area contributed by atoms with Crippen LogP contribution < -0.4 is 14.4 Å². The van der Waals surface area contributed by atoms with E-state index in [-0.39, 0.29) is 5.78 Å². The third-order valence-corrected chi connectivity index (χ3v) is 4.45. The van der Waals surface area contributed by atoms with E-state index in [9.17, 15) is 4.79 Å².